The van der Waals surface area contributed by atoms with Crippen molar-refractivity contribution in [3.05, 3.63) is 0 Å². The Morgan fingerprint density at radius 2 is 2.18 bits per heavy atom. The average molecular weight is 155 g/mol. The topological polar surface area (TPSA) is 39.1 Å². The Bertz CT molecular complexity index is 126. The van der Waals surface area contributed by atoms with Crippen LogP contribution in [0.1, 0.15) is 19.8 Å². The first kappa shape index (κ1) is 10.2. The number of nitrogens with one attached hydrogen (secondary N) is 1. The van der Waals surface area contributed by atoms with Gasteiger partial charge in [-0.3, -0.25) is 0 Å². The first-order valence-corrected chi connectivity index (χ1v) is 4.00. The third-order valence-corrected chi connectivity index (χ3v) is 1.69. The van der Waals surface area contributed by atoms with Gasteiger partial charge in [-0.2, -0.15) is 5.26 Å². The average Bonchev–Trinajstić information content (AvgIpc) is 1.97. The third-order valence-electron chi connectivity index (χ3n) is 1.69. The van der Waals surface area contributed by atoms with Crippen molar-refractivity contribution < 1.29 is 0 Å². The molecule has 64 valence electrons. The van der Waals surface area contributed by atoms with Gasteiger partial charge in [0.1, 0.15) is 0 Å². The Balaban J connectivity index is 3.45. The minimum Gasteiger partial charge on any atom is -0.321 e. The molecule has 0 bridgehead atoms. The van der Waals surface area contributed by atoms with Gasteiger partial charge in [0.15, 0.2) is 6.19 Å². The van der Waals surface area contributed by atoms with E-state index in [0.717, 1.165) is 19.4 Å². The summed E-state index contributed by atoms with van der Waals surface area (Å²) >= 11 is 0. The normalized spacial score (nSPS) is 12.6. The quantitative estimate of drug-likeness (QED) is 0.471. The molecule has 0 aromatic heterocycles. The highest BCUT2D eigenvalue weighted by Gasteiger charge is 2.03. The summed E-state index contributed by atoms with van der Waals surface area (Å²) in [6.45, 7) is 3.12. The molecule has 0 aromatic rings. The maximum Gasteiger partial charge on any atom is 0.176 e. The monoisotopic (exact) mass is 155 g/mol. The van der Waals surface area contributed by atoms with E-state index in [1.54, 1.807) is 0 Å². The van der Waals surface area contributed by atoms with Gasteiger partial charge in [0.25, 0.3) is 0 Å². The lowest BCUT2D eigenvalue weighted by Crippen LogP contribution is -2.28. The molecule has 0 saturated heterocycles. The van der Waals surface area contributed by atoms with Crippen LogP contribution in [0.2, 0.25) is 0 Å². The van der Waals surface area contributed by atoms with Crippen LogP contribution >= 0.6 is 0 Å². The molecule has 0 saturated carbocycles. The predicted octanol–water partition coefficient (Wildman–Crippen LogP) is 0.787. The Labute approximate surface area is 69.0 Å². The molecule has 0 aliphatic rings. The van der Waals surface area contributed by atoms with E-state index in [1.165, 1.54) is 0 Å². The van der Waals surface area contributed by atoms with Gasteiger partial charge in [-0.25, -0.2) is 0 Å². The van der Waals surface area contributed by atoms with Crippen molar-refractivity contribution in [2.45, 2.75) is 25.8 Å². The Hall–Kier alpha value is -0.750. The molecule has 0 radical (unpaired) electrons. The molecule has 1 atom stereocenters. The van der Waals surface area contributed by atoms with E-state index in [0.29, 0.717) is 6.04 Å². The van der Waals surface area contributed by atoms with Crippen molar-refractivity contribution in [1.29, 1.82) is 5.26 Å². The van der Waals surface area contributed by atoms with Crippen molar-refractivity contribution >= 4 is 0 Å². The lowest BCUT2D eigenvalue weighted by molar-refractivity contribution is 0.367. The fraction of sp³-hybridized carbons (Fsp3) is 0.875. The molecule has 3 heteroatoms. The van der Waals surface area contributed by atoms with Crippen molar-refractivity contribution in [2.24, 2.45) is 0 Å². The summed E-state index contributed by atoms with van der Waals surface area (Å²) in [7, 11) is 4.08. The second-order valence-corrected chi connectivity index (χ2v) is 2.95. The molecule has 1 unspecified atom stereocenters. The van der Waals surface area contributed by atoms with Crippen LogP contribution in [0.25, 0.3) is 0 Å². The van der Waals surface area contributed by atoms with Gasteiger partial charge in [-0.15, -0.1) is 0 Å². The molecule has 0 fully saturated rings. The van der Waals surface area contributed by atoms with Crippen LogP contribution in [0.4, 0.5) is 0 Å². The van der Waals surface area contributed by atoms with E-state index >= 15 is 0 Å². The van der Waals surface area contributed by atoms with Crippen LogP contribution in [0, 0.1) is 11.5 Å². The second-order valence-electron chi connectivity index (χ2n) is 2.95. The molecule has 0 aromatic carbocycles. The molecule has 0 aliphatic carbocycles. The van der Waals surface area contributed by atoms with Gasteiger partial charge in [0.2, 0.25) is 0 Å². The first-order chi connectivity index (χ1) is 5.20. The van der Waals surface area contributed by atoms with Crippen molar-refractivity contribution in [2.75, 3.05) is 20.6 Å². The van der Waals surface area contributed by atoms with Crippen molar-refractivity contribution in [1.82, 2.24) is 10.2 Å². The number of rotatable bonds is 5. The molecule has 0 amide bonds. The minimum atomic E-state index is 0.349. The largest absolute Gasteiger partial charge is 0.321 e. The Morgan fingerprint density at radius 1 is 1.55 bits per heavy atom. The fourth-order valence-electron chi connectivity index (χ4n) is 0.884. The zero-order chi connectivity index (χ0) is 8.69. The van der Waals surface area contributed by atoms with E-state index < -0.39 is 0 Å². The van der Waals surface area contributed by atoms with Gasteiger partial charge in [-0.1, -0.05) is 6.92 Å². The maximum absolute atomic E-state index is 8.36. The number of hydrogen-bond acceptors (Lipinski definition) is 3. The van der Waals surface area contributed by atoms with Gasteiger partial charge in [0.05, 0.1) is 0 Å². The summed E-state index contributed by atoms with van der Waals surface area (Å²) in [5.74, 6) is 0. The van der Waals surface area contributed by atoms with Crippen molar-refractivity contribution in [3.8, 4) is 6.19 Å². The van der Waals surface area contributed by atoms with Crippen LogP contribution in [-0.2, 0) is 0 Å². The van der Waals surface area contributed by atoms with E-state index in [-0.39, 0.29) is 0 Å². The fourth-order valence-corrected chi connectivity index (χ4v) is 0.884. The lowest BCUT2D eigenvalue weighted by Gasteiger charge is -2.15. The third kappa shape index (κ3) is 5.68. The molecule has 1 N–H and O–H groups in total. The van der Waals surface area contributed by atoms with Crippen LogP contribution in [0.5, 0.6) is 0 Å². The Morgan fingerprint density at radius 3 is 2.55 bits per heavy atom. The first-order valence-electron chi connectivity index (χ1n) is 4.00. The van der Waals surface area contributed by atoms with Crippen LogP contribution < -0.4 is 5.32 Å². The molecule has 11 heavy (non-hydrogen) atoms. The van der Waals surface area contributed by atoms with Crippen molar-refractivity contribution in [3.63, 3.8) is 0 Å². The molecule has 3 nitrogen and oxygen atoms in total. The van der Waals surface area contributed by atoms with Crippen LogP contribution in [-0.4, -0.2) is 31.6 Å². The smallest absolute Gasteiger partial charge is 0.176 e. The number of hydrogen-bond donors (Lipinski definition) is 1. The van der Waals surface area contributed by atoms with Crippen LogP contribution in [0.15, 0.2) is 0 Å². The minimum absolute atomic E-state index is 0.349. The molecular formula is C8H17N3. The summed E-state index contributed by atoms with van der Waals surface area (Å²) in [5, 5.41) is 11.1. The van der Waals surface area contributed by atoms with Gasteiger partial charge in [-0.05, 0) is 33.5 Å². The molecule has 0 aliphatic heterocycles. The summed E-state index contributed by atoms with van der Waals surface area (Å²) in [6.07, 6.45) is 4.03. The maximum atomic E-state index is 8.36. The molecule has 0 heterocycles. The standard InChI is InChI=1S/C8H17N3/c1-4-8(10-7-9)5-6-11(2)3/h8,10H,4-6H2,1-3H3. The van der Waals surface area contributed by atoms with E-state index in [2.05, 4.69) is 17.1 Å². The zero-order valence-electron chi connectivity index (χ0n) is 7.59. The van der Waals surface area contributed by atoms with E-state index in [4.69, 9.17) is 5.26 Å². The summed E-state index contributed by atoms with van der Waals surface area (Å²) in [4.78, 5) is 2.13. The number of nitrogens with zero attached hydrogens (tertiary/aromatic N) is 2. The molecular weight excluding hydrogens is 138 g/mol. The second kappa shape index (κ2) is 5.99. The highest BCUT2D eigenvalue weighted by Crippen LogP contribution is 1.96. The predicted molar refractivity (Wildman–Crippen MR) is 46.0 cm³/mol. The van der Waals surface area contributed by atoms with Gasteiger partial charge in [0, 0.05) is 6.04 Å². The van der Waals surface area contributed by atoms with E-state index in [1.807, 2.05) is 20.3 Å². The van der Waals surface area contributed by atoms with Gasteiger partial charge >= 0.3 is 0 Å². The summed E-state index contributed by atoms with van der Waals surface area (Å²) in [5.41, 5.74) is 0. The molecule has 0 spiro atoms. The van der Waals surface area contributed by atoms with Crippen LogP contribution in [0.3, 0.4) is 0 Å². The SMILES string of the molecule is CCC(CCN(C)C)NC#N. The molecule has 0 rings (SSSR count). The Kier molecular flexibility index (Phi) is 5.58. The highest BCUT2D eigenvalue weighted by atomic mass is 15.1. The lowest BCUT2D eigenvalue weighted by atomic mass is 10.1. The number of nitriles is 1. The summed E-state index contributed by atoms with van der Waals surface area (Å²) in [6, 6.07) is 0.349. The van der Waals surface area contributed by atoms with E-state index in [9.17, 15) is 0 Å². The van der Waals surface area contributed by atoms with Gasteiger partial charge < -0.3 is 10.2 Å². The zero-order valence-corrected chi connectivity index (χ0v) is 7.59. The highest BCUT2D eigenvalue weighted by molar-refractivity contribution is 4.75. The summed E-state index contributed by atoms with van der Waals surface area (Å²) < 4.78 is 0.